The first-order chi connectivity index (χ1) is 15.0. The molecule has 0 radical (unpaired) electrons. The summed E-state index contributed by atoms with van der Waals surface area (Å²) in [7, 11) is 0. The number of anilines is 1. The van der Waals surface area contributed by atoms with Crippen LogP contribution < -0.4 is 5.32 Å². The van der Waals surface area contributed by atoms with Crippen molar-refractivity contribution >= 4 is 99.0 Å². The predicted molar refractivity (Wildman–Crippen MR) is 122 cm³/mol. The number of fused-ring (bicyclic) bond motifs is 1. The molecule has 1 N–H and O–H groups in total. The van der Waals surface area contributed by atoms with Crippen LogP contribution in [0.15, 0.2) is 18.2 Å². The molecule has 0 saturated heterocycles. The summed E-state index contributed by atoms with van der Waals surface area (Å²) in [6, 6.07) is 2.99. The summed E-state index contributed by atoms with van der Waals surface area (Å²) in [5.41, 5.74) is -0.291. The lowest BCUT2D eigenvalue weighted by Crippen LogP contribution is -2.44. The SMILES string of the molecule is C[C@@H](C(=O)OCC(=O)Nc1ccc(Cl)cc1Cl)N1C(=O)c2c(Cl)c(Cl)c(Cl)c(Cl)c2C1=O. The monoisotopic (exact) mass is 556 g/mol. The van der Waals surface area contributed by atoms with Crippen LogP contribution in [-0.4, -0.2) is 41.2 Å². The first-order valence-electron chi connectivity index (χ1n) is 8.61. The number of ether oxygens (including phenoxy) is 1. The van der Waals surface area contributed by atoms with Crippen LogP contribution in [0.5, 0.6) is 0 Å². The van der Waals surface area contributed by atoms with Crippen molar-refractivity contribution in [2.45, 2.75) is 13.0 Å². The van der Waals surface area contributed by atoms with E-state index in [9.17, 15) is 19.2 Å². The van der Waals surface area contributed by atoms with Gasteiger partial charge in [0.1, 0.15) is 6.04 Å². The summed E-state index contributed by atoms with van der Waals surface area (Å²) in [6.07, 6.45) is 0. The highest BCUT2D eigenvalue weighted by atomic mass is 35.5. The summed E-state index contributed by atoms with van der Waals surface area (Å²) >= 11 is 35.8. The third kappa shape index (κ3) is 4.51. The lowest BCUT2D eigenvalue weighted by molar-refractivity contribution is -0.150. The van der Waals surface area contributed by atoms with Crippen molar-refractivity contribution in [2.24, 2.45) is 0 Å². The maximum Gasteiger partial charge on any atom is 0.329 e. The van der Waals surface area contributed by atoms with E-state index in [1.165, 1.54) is 25.1 Å². The Morgan fingerprint density at radius 3 is 1.97 bits per heavy atom. The van der Waals surface area contributed by atoms with E-state index >= 15 is 0 Å². The van der Waals surface area contributed by atoms with Crippen molar-refractivity contribution in [1.82, 2.24) is 4.90 Å². The van der Waals surface area contributed by atoms with Crippen molar-refractivity contribution in [3.8, 4) is 0 Å². The first kappa shape index (κ1) is 24.9. The number of nitrogens with zero attached hydrogens (tertiary/aromatic N) is 1. The number of rotatable bonds is 5. The van der Waals surface area contributed by atoms with Crippen LogP contribution >= 0.6 is 69.6 Å². The second-order valence-corrected chi connectivity index (χ2v) is 8.80. The number of amides is 3. The van der Waals surface area contributed by atoms with Crippen molar-refractivity contribution in [1.29, 1.82) is 0 Å². The average molecular weight is 559 g/mol. The highest BCUT2D eigenvalue weighted by molar-refractivity contribution is 6.55. The minimum Gasteiger partial charge on any atom is -0.454 e. The molecule has 0 aromatic heterocycles. The number of halogens is 6. The van der Waals surface area contributed by atoms with E-state index < -0.39 is 36.3 Å². The molecule has 13 heteroatoms. The van der Waals surface area contributed by atoms with Crippen LogP contribution in [-0.2, 0) is 14.3 Å². The molecule has 3 rings (SSSR count). The van der Waals surface area contributed by atoms with E-state index in [1.807, 2.05) is 0 Å². The molecular weight excluding hydrogens is 549 g/mol. The normalized spacial score (nSPS) is 13.8. The molecule has 2 aromatic carbocycles. The molecule has 0 bridgehead atoms. The number of benzene rings is 2. The molecule has 0 fully saturated rings. The standard InChI is InChI=1S/C19H10Cl6N2O5/c1-6(19(31)32-5-10(28)26-9-3-2-7(20)4-8(9)21)27-17(29)11-12(18(27)30)14(23)16(25)15(24)13(11)22/h2-4,6H,5H2,1H3,(H,26,28)/t6-/m0/s1. The molecule has 0 unspecified atom stereocenters. The van der Waals surface area contributed by atoms with Gasteiger partial charge in [-0.05, 0) is 25.1 Å². The third-order valence-corrected chi connectivity index (χ3v) is 6.76. The Labute approximate surface area is 211 Å². The van der Waals surface area contributed by atoms with Crippen LogP contribution in [0.3, 0.4) is 0 Å². The van der Waals surface area contributed by atoms with Gasteiger partial charge in [0.2, 0.25) is 0 Å². The lowest BCUT2D eigenvalue weighted by atomic mass is 10.1. The lowest BCUT2D eigenvalue weighted by Gasteiger charge is -2.20. The molecule has 168 valence electrons. The van der Waals surface area contributed by atoms with E-state index in [0.717, 1.165) is 0 Å². The topological polar surface area (TPSA) is 92.8 Å². The molecule has 2 aromatic rings. The smallest absolute Gasteiger partial charge is 0.329 e. The van der Waals surface area contributed by atoms with Crippen LogP contribution in [0.2, 0.25) is 30.1 Å². The summed E-state index contributed by atoms with van der Waals surface area (Å²) in [5.74, 6) is -3.54. The molecule has 0 spiro atoms. The Bertz CT molecular complexity index is 1140. The maximum absolute atomic E-state index is 12.8. The minimum atomic E-state index is -1.40. The van der Waals surface area contributed by atoms with Gasteiger partial charge in [-0.3, -0.25) is 19.3 Å². The predicted octanol–water partition coefficient (Wildman–Crippen LogP) is 5.77. The number of nitrogens with one attached hydrogen (secondary N) is 1. The first-order valence-corrected chi connectivity index (χ1v) is 10.9. The van der Waals surface area contributed by atoms with Gasteiger partial charge in [-0.2, -0.15) is 0 Å². The molecule has 0 aliphatic carbocycles. The molecule has 1 heterocycles. The minimum absolute atomic E-state index is 0.183. The zero-order valence-electron chi connectivity index (χ0n) is 15.8. The highest BCUT2D eigenvalue weighted by Crippen LogP contribution is 2.45. The fraction of sp³-hybridized carbons (Fsp3) is 0.158. The van der Waals surface area contributed by atoms with Gasteiger partial charge in [-0.1, -0.05) is 69.6 Å². The zero-order chi connectivity index (χ0) is 23.9. The van der Waals surface area contributed by atoms with Crippen LogP contribution in [0, 0.1) is 0 Å². The highest BCUT2D eigenvalue weighted by Gasteiger charge is 2.45. The summed E-state index contributed by atoms with van der Waals surface area (Å²) in [6.45, 7) is 0.535. The maximum atomic E-state index is 12.8. The number of hydrogen-bond acceptors (Lipinski definition) is 5. The van der Waals surface area contributed by atoms with Crippen molar-refractivity contribution in [2.75, 3.05) is 11.9 Å². The average Bonchev–Trinajstić information content (AvgIpc) is 3.00. The van der Waals surface area contributed by atoms with Crippen molar-refractivity contribution in [3.05, 3.63) is 59.5 Å². The van der Waals surface area contributed by atoms with Gasteiger partial charge in [0.05, 0.1) is 41.9 Å². The Morgan fingerprint density at radius 1 is 0.938 bits per heavy atom. The molecule has 32 heavy (non-hydrogen) atoms. The Morgan fingerprint density at radius 2 is 1.47 bits per heavy atom. The quantitative estimate of drug-likeness (QED) is 0.217. The second-order valence-electron chi connectivity index (χ2n) is 6.44. The summed E-state index contributed by atoms with van der Waals surface area (Å²) in [5, 5.41) is 2.06. The largest absolute Gasteiger partial charge is 0.454 e. The van der Waals surface area contributed by atoms with Gasteiger partial charge in [0.25, 0.3) is 17.7 Å². The Balaban J connectivity index is 1.71. The van der Waals surface area contributed by atoms with Crippen LogP contribution in [0.1, 0.15) is 27.6 Å². The van der Waals surface area contributed by atoms with Gasteiger partial charge >= 0.3 is 5.97 Å². The van der Waals surface area contributed by atoms with Crippen LogP contribution in [0.4, 0.5) is 5.69 Å². The van der Waals surface area contributed by atoms with Gasteiger partial charge in [0.15, 0.2) is 6.61 Å². The fourth-order valence-electron chi connectivity index (χ4n) is 2.86. The zero-order valence-corrected chi connectivity index (χ0v) is 20.3. The third-order valence-electron chi connectivity index (χ3n) is 4.41. The molecule has 1 aliphatic heterocycles. The van der Waals surface area contributed by atoms with E-state index in [0.29, 0.717) is 9.92 Å². The number of imide groups is 1. The number of esters is 1. The van der Waals surface area contributed by atoms with E-state index in [2.05, 4.69) is 5.32 Å². The van der Waals surface area contributed by atoms with Gasteiger partial charge in [-0.25, -0.2) is 4.79 Å². The van der Waals surface area contributed by atoms with Crippen LogP contribution in [0.25, 0.3) is 0 Å². The Kier molecular flexibility index (Phi) is 7.49. The molecule has 0 saturated carbocycles. The van der Waals surface area contributed by atoms with Crippen molar-refractivity contribution in [3.63, 3.8) is 0 Å². The number of carbonyl (C=O) groups excluding carboxylic acids is 4. The number of hydrogen-bond donors (Lipinski definition) is 1. The molecule has 1 atom stereocenters. The van der Waals surface area contributed by atoms with E-state index in [-0.39, 0.29) is 41.9 Å². The Hall–Kier alpha value is -1.74. The second kappa shape index (κ2) is 9.63. The van der Waals surface area contributed by atoms with Crippen molar-refractivity contribution < 1.29 is 23.9 Å². The fourth-order valence-corrected chi connectivity index (χ4v) is 4.33. The summed E-state index contributed by atoms with van der Waals surface area (Å²) < 4.78 is 4.93. The van der Waals surface area contributed by atoms with Gasteiger partial charge < -0.3 is 10.1 Å². The molecule has 7 nitrogen and oxygen atoms in total. The van der Waals surface area contributed by atoms with Gasteiger partial charge in [0, 0.05) is 5.02 Å². The molecule has 3 amide bonds. The van der Waals surface area contributed by atoms with E-state index in [4.69, 9.17) is 74.3 Å². The molecule has 1 aliphatic rings. The summed E-state index contributed by atoms with van der Waals surface area (Å²) in [4.78, 5) is 50.7. The van der Waals surface area contributed by atoms with E-state index in [1.54, 1.807) is 0 Å². The van der Waals surface area contributed by atoms with Gasteiger partial charge in [-0.15, -0.1) is 0 Å². The number of carbonyl (C=O) groups is 4. The molecular formula is C19H10Cl6N2O5.